The minimum absolute atomic E-state index is 0.445. The van der Waals surface area contributed by atoms with Crippen LogP contribution in [-0.2, 0) is 0 Å². The highest BCUT2D eigenvalue weighted by atomic mass is 16.5. The molecule has 0 aliphatic rings. The van der Waals surface area contributed by atoms with Crippen molar-refractivity contribution < 1.29 is 9.84 Å². The summed E-state index contributed by atoms with van der Waals surface area (Å²) in [5, 5.41) is 9.54. The van der Waals surface area contributed by atoms with Gasteiger partial charge in [0, 0.05) is 6.07 Å². The number of nitrogens with zero attached hydrogens (tertiary/aromatic N) is 1. The van der Waals surface area contributed by atoms with Gasteiger partial charge in [-0.25, -0.2) is 4.98 Å². The molecule has 3 N–H and O–H groups in total. The molecular weight excluding hydrogens is 168 g/mol. The highest BCUT2D eigenvalue weighted by molar-refractivity contribution is 5.17. The molecule has 0 fully saturated rings. The Morgan fingerprint density at radius 2 is 2.38 bits per heavy atom. The minimum atomic E-state index is -0.597. The van der Waals surface area contributed by atoms with Crippen molar-refractivity contribution in [3.05, 3.63) is 23.9 Å². The maximum absolute atomic E-state index is 9.54. The first-order valence-electron chi connectivity index (χ1n) is 4.17. The fraction of sp³-hybridized carbons (Fsp3) is 0.444. The van der Waals surface area contributed by atoms with Crippen LogP contribution in [0.3, 0.4) is 0 Å². The molecule has 0 saturated carbocycles. The summed E-state index contributed by atoms with van der Waals surface area (Å²) in [6, 6.07) is 5.28. The minimum Gasteiger partial charge on any atom is -0.481 e. The Hall–Kier alpha value is -1.13. The number of aliphatic hydroxyl groups is 1. The molecule has 1 unspecified atom stereocenters. The number of nitrogens with two attached hydrogens (primary N) is 1. The van der Waals surface area contributed by atoms with Crippen LogP contribution in [0.4, 0.5) is 0 Å². The first-order valence-corrected chi connectivity index (χ1v) is 4.17. The van der Waals surface area contributed by atoms with E-state index in [1.807, 2.05) is 0 Å². The summed E-state index contributed by atoms with van der Waals surface area (Å²) in [6.07, 6.45) is -0.0831. The summed E-state index contributed by atoms with van der Waals surface area (Å²) in [4.78, 5) is 4.08. The van der Waals surface area contributed by atoms with Crippen molar-refractivity contribution in [3.8, 4) is 5.88 Å². The van der Waals surface area contributed by atoms with E-state index < -0.39 is 6.10 Å². The van der Waals surface area contributed by atoms with Crippen LogP contribution >= 0.6 is 0 Å². The molecule has 0 saturated heterocycles. The monoisotopic (exact) mass is 182 g/mol. The van der Waals surface area contributed by atoms with Crippen LogP contribution in [0, 0.1) is 0 Å². The molecule has 1 rings (SSSR count). The van der Waals surface area contributed by atoms with E-state index in [0.29, 0.717) is 24.5 Å². The van der Waals surface area contributed by atoms with Gasteiger partial charge in [0.25, 0.3) is 0 Å². The summed E-state index contributed by atoms with van der Waals surface area (Å²) in [5.41, 5.74) is 5.92. The third kappa shape index (κ3) is 2.68. The Balaban J connectivity index is 2.75. The highest BCUT2D eigenvalue weighted by Crippen LogP contribution is 2.16. The van der Waals surface area contributed by atoms with E-state index in [-0.39, 0.29) is 0 Å². The molecule has 0 amide bonds. The van der Waals surface area contributed by atoms with Gasteiger partial charge in [0.1, 0.15) is 0 Å². The average Bonchev–Trinajstić information content (AvgIpc) is 2.18. The molecule has 4 heteroatoms. The molecule has 0 bridgehead atoms. The van der Waals surface area contributed by atoms with Crippen LogP contribution in [-0.4, -0.2) is 23.7 Å². The maximum Gasteiger partial charge on any atom is 0.213 e. The molecule has 0 aliphatic heterocycles. The van der Waals surface area contributed by atoms with Crippen molar-refractivity contribution in [2.45, 2.75) is 12.5 Å². The molecular formula is C9H14N2O2. The van der Waals surface area contributed by atoms with Crippen LogP contribution < -0.4 is 10.5 Å². The van der Waals surface area contributed by atoms with Gasteiger partial charge in [-0.3, -0.25) is 0 Å². The molecule has 0 aromatic carbocycles. The first kappa shape index (κ1) is 9.95. The van der Waals surface area contributed by atoms with Crippen LogP contribution in [0.2, 0.25) is 0 Å². The predicted molar refractivity (Wildman–Crippen MR) is 49.4 cm³/mol. The molecule has 13 heavy (non-hydrogen) atoms. The third-order valence-electron chi connectivity index (χ3n) is 1.74. The zero-order valence-electron chi connectivity index (χ0n) is 7.60. The fourth-order valence-electron chi connectivity index (χ4n) is 1.04. The number of rotatable bonds is 4. The van der Waals surface area contributed by atoms with Gasteiger partial charge in [0.2, 0.25) is 5.88 Å². The van der Waals surface area contributed by atoms with Crippen molar-refractivity contribution in [2.24, 2.45) is 5.73 Å². The lowest BCUT2D eigenvalue weighted by Crippen LogP contribution is -2.08. The Labute approximate surface area is 77.4 Å². The number of hydrogen-bond donors (Lipinski definition) is 2. The second-order valence-electron chi connectivity index (χ2n) is 2.70. The second-order valence-corrected chi connectivity index (χ2v) is 2.70. The summed E-state index contributed by atoms with van der Waals surface area (Å²) < 4.78 is 4.93. The van der Waals surface area contributed by atoms with Gasteiger partial charge < -0.3 is 15.6 Å². The van der Waals surface area contributed by atoms with Crippen LogP contribution in [0.25, 0.3) is 0 Å². The highest BCUT2D eigenvalue weighted by Gasteiger charge is 2.08. The lowest BCUT2D eigenvalue weighted by atomic mass is 10.2. The van der Waals surface area contributed by atoms with E-state index >= 15 is 0 Å². The van der Waals surface area contributed by atoms with E-state index in [0.717, 1.165) is 0 Å². The summed E-state index contributed by atoms with van der Waals surface area (Å²) in [7, 11) is 1.54. The number of aliphatic hydroxyl groups excluding tert-OH is 1. The summed E-state index contributed by atoms with van der Waals surface area (Å²) >= 11 is 0. The Morgan fingerprint density at radius 3 is 3.00 bits per heavy atom. The first-order chi connectivity index (χ1) is 6.27. The molecule has 1 heterocycles. The quantitative estimate of drug-likeness (QED) is 0.710. The van der Waals surface area contributed by atoms with E-state index in [1.165, 1.54) is 0 Å². The number of methoxy groups -OCH3 is 1. The molecule has 1 aromatic rings. The van der Waals surface area contributed by atoms with Gasteiger partial charge >= 0.3 is 0 Å². The van der Waals surface area contributed by atoms with Crippen LogP contribution in [0.15, 0.2) is 18.2 Å². The molecule has 0 spiro atoms. The Bertz CT molecular complexity index is 266. The van der Waals surface area contributed by atoms with Gasteiger partial charge in [0.15, 0.2) is 0 Å². The molecule has 72 valence electrons. The lowest BCUT2D eigenvalue weighted by molar-refractivity contribution is 0.164. The van der Waals surface area contributed by atoms with E-state index in [1.54, 1.807) is 25.3 Å². The van der Waals surface area contributed by atoms with Crippen molar-refractivity contribution in [2.75, 3.05) is 13.7 Å². The maximum atomic E-state index is 9.54. The van der Waals surface area contributed by atoms with Crippen LogP contribution in [0.1, 0.15) is 18.2 Å². The molecule has 1 aromatic heterocycles. The largest absolute Gasteiger partial charge is 0.481 e. The molecule has 0 radical (unpaired) electrons. The molecule has 0 aliphatic carbocycles. The normalized spacial score (nSPS) is 12.5. The van der Waals surface area contributed by atoms with Gasteiger partial charge in [-0.1, -0.05) is 6.07 Å². The smallest absolute Gasteiger partial charge is 0.213 e. The van der Waals surface area contributed by atoms with Crippen molar-refractivity contribution in [1.29, 1.82) is 0 Å². The Morgan fingerprint density at radius 1 is 1.62 bits per heavy atom. The fourth-order valence-corrected chi connectivity index (χ4v) is 1.04. The van der Waals surface area contributed by atoms with Crippen molar-refractivity contribution in [3.63, 3.8) is 0 Å². The number of aromatic nitrogens is 1. The standard InChI is InChI=1S/C9H14N2O2/c1-13-9-4-2-3-7(11-9)8(12)5-6-10/h2-4,8,12H,5-6,10H2,1H3. The second kappa shape index (κ2) is 4.79. The van der Waals surface area contributed by atoms with Crippen molar-refractivity contribution >= 4 is 0 Å². The third-order valence-corrected chi connectivity index (χ3v) is 1.74. The topological polar surface area (TPSA) is 68.4 Å². The number of hydrogen-bond acceptors (Lipinski definition) is 4. The van der Waals surface area contributed by atoms with Crippen molar-refractivity contribution in [1.82, 2.24) is 4.98 Å². The number of pyridine rings is 1. The summed E-state index contributed by atoms with van der Waals surface area (Å²) in [6.45, 7) is 0.445. The van der Waals surface area contributed by atoms with E-state index in [9.17, 15) is 5.11 Å². The van der Waals surface area contributed by atoms with Gasteiger partial charge in [0.05, 0.1) is 18.9 Å². The zero-order valence-corrected chi connectivity index (χ0v) is 7.60. The predicted octanol–water partition coefficient (Wildman–Crippen LogP) is 0.472. The summed E-state index contributed by atoms with van der Waals surface area (Å²) in [5.74, 6) is 0.508. The van der Waals surface area contributed by atoms with E-state index in [4.69, 9.17) is 10.5 Å². The van der Waals surface area contributed by atoms with Gasteiger partial charge in [-0.05, 0) is 19.0 Å². The van der Waals surface area contributed by atoms with Gasteiger partial charge in [-0.2, -0.15) is 0 Å². The molecule has 4 nitrogen and oxygen atoms in total. The average molecular weight is 182 g/mol. The SMILES string of the molecule is COc1cccc(C(O)CCN)n1. The lowest BCUT2D eigenvalue weighted by Gasteiger charge is -2.08. The van der Waals surface area contributed by atoms with E-state index in [2.05, 4.69) is 4.98 Å². The van der Waals surface area contributed by atoms with Crippen LogP contribution in [0.5, 0.6) is 5.88 Å². The number of ether oxygens (including phenoxy) is 1. The molecule has 1 atom stereocenters. The Kier molecular flexibility index (Phi) is 3.67. The van der Waals surface area contributed by atoms with Gasteiger partial charge in [-0.15, -0.1) is 0 Å². The zero-order chi connectivity index (χ0) is 9.68.